The van der Waals surface area contributed by atoms with Gasteiger partial charge in [-0.1, -0.05) is 18.2 Å². The van der Waals surface area contributed by atoms with E-state index < -0.39 is 5.97 Å². The molecule has 1 fully saturated rings. The van der Waals surface area contributed by atoms with E-state index in [0.717, 1.165) is 6.54 Å². The molecule has 0 aromatic carbocycles. The van der Waals surface area contributed by atoms with Gasteiger partial charge < -0.3 is 5.11 Å². The van der Waals surface area contributed by atoms with Crippen molar-refractivity contribution in [2.24, 2.45) is 5.92 Å². The van der Waals surface area contributed by atoms with Gasteiger partial charge in [0.15, 0.2) is 0 Å². The van der Waals surface area contributed by atoms with Crippen LogP contribution >= 0.6 is 11.6 Å². The summed E-state index contributed by atoms with van der Waals surface area (Å²) in [7, 11) is 0. The van der Waals surface area contributed by atoms with Gasteiger partial charge in [0.2, 0.25) is 0 Å². The molecule has 0 bridgehead atoms. The first-order valence-corrected chi connectivity index (χ1v) is 4.70. The van der Waals surface area contributed by atoms with Crippen LogP contribution in [0.3, 0.4) is 0 Å². The molecular weight excluding hydrogens is 190 g/mol. The van der Waals surface area contributed by atoms with Crippen LogP contribution in [0.1, 0.15) is 13.3 Å². The Bertz CT molecular complexity index is 230. The molecule has 0 aliphatic carbocycles. The largest absolute Gasteiger partial charge is 0.481 e. The van der Waals surface area contributed by atoms with Crippen molar-refractivity contribution in [2.45, 2.75) is 19.4 Å². The summed E-state index contributed by atoms with van der Waals surface area (Å²) in [4.78, 5) is 12.8. The van der Waals surface area contributed by atoms with E-state index in [2.05, 4.69) is 6.58 Å². The number of hydrogen-bond donors (Lipinski definition) is 1. The summed E-state index contributed by atoms with van der Waals surface area (Å²) in [6.45, 7) is 6.91. The number of carboxylic acid groups (broad SMARTS) is 1. The number of halogens is 1. The lowest BCUT2D eigenvalue weighted by Gasteiger charge is -2.22. The van der Waals surface area contributed by atoms with Crippen LogP contribution in [-0.4, -0.2) is 35.1 Å². The van der Waals surface area contributed by atoms with Crippen molar-refractivity contribution in [1.82, 2.24) is 4.90 Å². The first kappa shape index (κ1) is 10.5. The van der Waals surface area contributed by atoms with Crippen LogP contribution < -0.4 is 0 Å². The second-order valence-electron chi connectivity index (χ2n) is 3.46. The Morgan fingerprint density at radius 1 is 1.77 bits per heavy atom. The van der Waals surface area contributed by atoms with E-state index in [0.29, 0.717) is 18.0 Å². The maximum Gasteiger partial charge on any atom is 0.308 e. The van der Waals surface area contributed by atoms with Gasteiger partial charge in [-0.05, 0) is 19.9 Å². The lowest BCUT2D eigenvalue weighted by Crippen LogP contribution is -2.33. The van der Waals surface area contributed by atoms with Gasteiger partial charge in [0.1, 0.15) is 0 Å². The van der Waals surface area contributed by atoms with E-state index in [1.165, 1.54) is 0 Å². The Kier molecular flexibility index (Phi) is 3.33. The third-order valence-corrected chi connectivity index (χ3v) is 2.70. The minimum absolute atomic E-state index is 0.0630. The summed E-state index contributed by atoms with van der Waals surface area (Å²) in [5.74, 6) is -0.966. The van der Waals surface area contributed by atoms with E-state index in [1.807, 2.05) is 11.8 Å². The molecule has 0 aromatic rings. The predicted octanol–water partition coefficient (Wildman–Crippen LogP) is 1.53. The molecule has 13 heavy (non-hydrogen) atoms. The van der Waals surface area contributed by atoms with Crippen LogP contribution in [0.25, 0.3) is 0 Å². The highest BCUT2D eigenvalue weighted by Gasteiger charge is 2.35. The highest BCUT2D eigenvalue weighted by molar-refractivity contribution is 6.29. The van der Waals surface area contributed by atoms with Gasteiger partial charge in [0.05, 0.1) is 5.92 Å². The van der Waals surface area contributed by atoms with Gasteiger partial charge >= 0.3 is 5.97 Å². The highest BCUT2D eigenvalue weighted by atomic mass is 35.5. The zero-order valence-corrected chi connectivity index (χ0v) is 8.42. The maximum atomic E-state index is 10.8. The number of nitrogens with zero attached hydrogens (tertiary/aromatic N) is 1. The molecule has 0 radical (unpaired) electrons. The molecule has 3 nitrogen and oxygen atoms in total. The zero-order chi connectivity index (χ0) is 10.0. The van der Waals surface area contributed by atoms with E-state index in [1.54, 1.807) is 0 Å². The Balaban J connectivity index is 2.54. The van der Waals surface area contributed by atoms with E-state index in [-0.39, 0.29) is 12.0 Å². The first-order valence-electron chi connectivity index (χ1n) is 4.32. The number of aliphatic carboxylic acids is 1. The average molecular weight is 204 g/mol. The van der Waals surface area contributed by atoms with Crippen molar-refractivity contribution in [3.8, 4) is 0 Å². The fourth-order valence-corrected chi connectivity index (χ4v) is 1.93. The van der Waals surface area contributed by atoms with Gasteiger partial charge in [-0.2, -0.15) is 0 Å². The molecule has 1 heterocycles. The summed E-state index contributed by atoms with van der Waals surface area (Å²) >= 11 is 5.67. The summed E-state index contributed by atoms with van der Waals surface area (Å²) in [5, 5.41) is 9.42. The maximum absolute atomic E-state index is 10.8. The van der Waals surface area contributed by atoms with Gasteiger partial charge in [-0.3, -0.25) is 9.69 Å². The van der Waals surface area contributed by atoms with Crippen molar-refractivity contribution < 1.29 is 9.90 Å². The van der Waals surface area contributed by atoms with Crippen LogP contribution in [0.2, 0.25) is 0 Å². The zero-order valence-electron chi connectivity index (χ0n) is 7.66. The summed E-state index contributed by atoms with van der Waals surface area (Å²) in [6.07, 6.45) is 0.709. The van der Waals surface area contributed by atoms with Crippen molar-refractivity contribution in [1.29, 1.82) is 0 Å². The monoisotopic (exact) mass is 203 g/mol. The third-order valence-electron chi connectivity index (χ3n) is 2.58. The minimum Gasteiger partial charge on any atom is -0.481 e. The molecular formula is C9H14ClNO2. The second kappa shape index (κ2) is 4.11. The van der Waals surface area contributed by atoms with Crippen LogP contribution in [0.5, 0.6) is 0 Å². The Morgan fingerprint density at radius 2 is 2.38 bits per heavy atom. The van der Waals surface area contributed by atoms with E-state index in [9.17, 15) is 4.79 Å². The molecule has 0 saturated carbocycles. The molecule has 4 heteroatoms. The van der Waals surface area contributed by atoms with Gasteiger partial charge in [-0.15, -0.1) is 0 Å². The number of rotatable bonds is 3. The summed E-state index contributed by atoms with van der Waals surface area (Å²) < 4.78 is 0. The number of carbonyl (C=O) groups is 1. The standard InChI is InChI=1S/C9H14ClNO2/c1-6(10)5-11-4-3-8(7(11)2)9(12)13/h7-8H,1,3-5H2,2H3,(H,12,13). The lowest BCUT2D eigenvalue weighted by atomic mass is 10.0. The lowest BCUT2D eigenvalue weighted by molar-refractivity contribution is -0.142. The van der Waals surface area contributed by atoms with Crippen molar-refractivity contribution in [3.05, 3.63) is 11.6 Å². The van der Waals surface area contributed by atoms with E-state index in [4.69, 9.17) is 16.7 Å². The summed E-state index contributed by atoms with van der Waals surface area (Å²) in [6, 6.07) is 0.0630. The van der Waals surface area contributed by atoms with Crippen molar-refractivity contribution >= 4 is 17.6 Å². The topological polar surface area (TPSA) is 40.5 Å². The van der Waals surface area contributed by atoms with Crippen molar-refractivity contribution in [2.75, 3.05) is 13.1 Å². The quantitative estimate of drug-likeness (QED) is 0.757. The molecule has 1 aliphatic heterocycles. The Hall–Kier alpha value is -0.540. The van der Waals surface area contributed by atoms with Crippen LogP contribution in [-0.2, 0) is 4.79 Å². The smallest absolute Gasteiger partial charge is 0.308 e. The second-order valence-corrected chi connectivity index (χ2v) is 4.00. The fourth-order valence-electron chi connectivity index (χ4n) is 1.78. The molecule has 0 amide bonds. The number of likely N-dealkylation sites (tertiary alicyclic amines) is 1. The highest BCUT2D eigenvalue weighted by Crippen LogP contribution is 2.25. The molecule has 2 unspecified atom stereocenters. The van der Waals surface area contributed by atoms with Gasteiger partial charge in [-0.25, -0.2) is 0 Å². The first-order chi connectivity index (χ1) is 6.02. The van der Waals surface area contributed by atoms with Crippen molar-refractivity contribution in [3.63, 3.8) is 0 Å². The minimum atomic E-state index is -0.713. The van der Waals surface area contributed by atoms with Crippen LogP contribution in [0.4, 0.5) is 0 Å². The summed E-state index contributed by atoms with van der Waals surface area (Å²) in [5.41, 5.74) is 0. The molecule has 1 saturated heterocycles. The average Bonchev–Trinajstić information content (AvgIpc) is 2.32. The fraction of sp³-hybridized carbons (Fsp3) is 0.667. The Morgan fingerprint density at radius 3 is 2.77 bits per heavy atom. The SMILES string of the molecule is C=C(Cl)CN1CCC(C(=O)O)C1C. The third kappa shape index (κ3) is 2.45. The van der Waals surface area contributed by atoms with Crippen LogP contribution in [0, 0.1) is 5.92 Å². The number of carboxylic acids is 1. The number of hydrogen-bond acceptors (Lipinski definition) is 2. The molecule has 74 valence electrons. The van der Waals surface area contributed by atoms with Gasteiger partial charge in [0, 0.05) is 17.6 Å². The normalized spacial score (nSPS) is 29.1. The molecule has 0 aromatic heterocycles. The molecule has 2 atom stereocenters. The van der Waals surface area contributed by atoms with Gasteiger partial charge in [0.25, 0.3) is 0 Å². The molecule has 0 spiro atoms. The Labute approximate surface area is 83.0 Å². The van der Waals surface area contributed by atoms with Crippen LogP contribution in [0.15, 0.2) is 11.6 Å². The van der Waals surface area contributed by atoms with E-state index >= 15 is 0 Å². The molecule has 1 N–H and O–H groups in total. The predicted molar refractivity (Wildman–Crippen MR) is 51.8 cm³/mol. The molecule has 1 rings (SSSR count). The molecule has 1 aliphatic rings.